The second kappa shape index (κ2) is 8.63. The summed E-state index contributed by atoms with van der Waals surface area (Å²) in [6.07, 6.45) is 2.42. The van der Waals surface area contributed by atoms with Gasteiger partial charge in [-0.3, -0.25) is 4.79 Å². The van der Waals surface area contributed by atoms with E-state index in [0.29, 0.717) is 15.8 Å². The first kappa shape index (κ1) is 20.2. The number of likely N-dealkylation sites (N-methyl/N-ethyl adjacent to an activating group) is 1. The second-order valence-electron chi connectivity index (χ2n) is 6.39. The summed E-state index contributed by atoms with van der Waals surface area (Å²) in [6, 6.07) is 12.6. The molecule has 0 bridgehead atoms. The quantitative estimate of drug-likeness (QED) is 0.588. The Morgan fingerprint density at radius 2 is 1.86 bits per heavy atom. The van der Waals surface area contributed by atoms with Crippen LogP contribution in [0.4, 0.5) is 0 Å². The number of amides is 1. The summed E-state index contributed by atoms with van der Waals surface area (Å²) in [5, 5.41) is 4.98. The zero-order chi connectivity index (χ0) is 20.3. The van der Waals surface area contributed by atoms with Crippen molar-refractivity contribution in [2.75, 3.05) is 7.05 Å². The molecule has 28 heavy (non-hydrogen) atoms. The van der Waals surface area contributed by atoms with Gasteiger partial charge in [0.25, 0.3) is 5.91 Å². The van der Waals surface area contributed by atoms with Gasteiger partial charge in [0.15, 0.2) is 6.10 Å². The van der Waals surface area contributed by atoms with Crippen LogP contribution in [0.1, 0.15) is 25.5 Å². The molecule has 0 N–H and O–H groups in total. The van der Waals surface area contributed by atoms with Gasteiger partial charge >= 0.3 is 0 Å². The molecule has 6 nitrogen and oxygen atoms in total. The van der Waals surface area contributed by atoms with Crippen LogP contribution in [0, 0.1) is 0 Å². The number of rotatable bonds is 6. The first-order chi connectivity index (χ1) is 13.4. The first-order valence-electron chi connectivity index (χ1n) is 8.70. The monoisotopic (exact) mass is 418 g/mol. The number of hydrogen-bond acceptors (Lipinski definition) is 4. The Kier molecular flexibility index (Phi) is 6.21. The van der Waals surface area contributed by atoms with Gasteiger partial charge < -0.3 is 9.64 Å². The van der Waals surface area contributed by atoms with E-state index < -0.39 is 6.10 Å². The smallest absolute Gasteiger partial charge is 0.263 e. The Hall–Kier alpha value is -2.57. The van der Waals surface area contributed by atoms with Crippen LogP contribution in [0.25, 0.3) is 5.69 Å². The standard InChI is InChI=1S/C20H20Cl2N4O2/c1-13(15-4-7-17(8-5-15)26-12-23-11-24-26)25(3)20(27)14(2)28-19-9-6-16(21)10-18(19)22/h4-14H,1-3H3/t13-,14-/m1/s1. The molecule has 0 unspecified atom stereocenters. The zero-order valence-electron chi connectivity index (χ0n) is 15.7. The fourth-order valence-electron chi connectivity index (χ4n) is 2.76. The molecule has 8 heteroatoms. The Morgan fingerprint density at radius 1 is 1.14 bits per heavy atom. The molecule has 0 saturated heterocycles. The van der Waals surface area contributed by atoms with Crippen LogP contribution in [-0.4, -0.2) is 38.7 Å². The van der Waals surface area contributed by atoms with Gasteiger partial charge in [0.05, 0.1) is 16.8 Å². The molecule has 1 heterocycles. The number of aromatic nitrogens is 3. The van der Waals surface area contributed by atoms with Crippen molar-refractivity contribution in [3.8, 4) is 11.4 Å². The normalized spacial score (nSPS) is 13.0. The van der Waals surface area contributed by atoms with Gasteiger partial charge in [-0.05, 0) is 49.7 Å². The van der Waals surface area contributed by atoms with Gasteiger partial charge in [-0.15, -0.1) is 0 Å². The Labute approximate surface area is 173 Å². The summed E-state index contributed by atoms with van der Waals surface area (Å²) < 4.78 is 7.41. The van der Waals surface area contributed by atoms with Crippen molar-refractivity contribution in [1.29, 1.82) is 0 Å². The van der Waals surface area contributed by atoms with Gasteiger partial charge in [-0.2, -0.15) is 5.10 Å². The lowest BCUT2D eigenvalue weighted by Crippen LogP contribution is -2.39. The van der Waals surface area contributed by atoms with E-state index >= 15 is 0 Å². The minimum absolute atomic E-state index is 0.135. The molecule has 0 radical (unpaired) electrons. The van der Waals surface area contributed by atoms with Crippen LogP contribution in [0.3, 0.4) is 0 Å². The van der Waals surface area contributed by atoms with Crippen LogP contribution in [0.5, 0.6) is 5.75 Å². The summed E-state index contributed by atoms with van der Waals surface area (Å²) in [7, 11) is 1.75. The SMILES string of the molecule is C[C@H](c1ccc(-n2cncn2)cc1)N(C)C(=O)[C@@H](C)Oc1ccc(Cl)cc1Cl. The Morgan fingerprint density at radius 3 is 2.46 bits per heavy atom. The van der Waals surface area contributed by atoms with E-state index in [1.54, 1.807) is 48.1 Å². The predicted octanol–water partition coefficient (Wildman–Crippen LogP) is 4.56. The average molecular weight is 419 g/mol. The lowest BCUT2D eigenvalue weighted by Gasteiger charge is -2.28. The molecule has 3 rings (SSSR count). The lowest BCUT2D eigenvalue weighted by molar-refractivity contribution is -0.138. The molecule has 0 spiro atoms. The number of nitrogens with zero attached hydrogens (tertiary/aromatic N) is 4. The van der Waals surface area contributed by atoms with Crippen molar-refractivity contribution in [2.24, 2.45) is 0 Å². The van der Waals surface area contributed by atoms with Crippen LogP contribution in [0.15, 0.2) is 55.1 Å². The summed E-state index contributed by atoms with van der Waals surface area (Å²) in [5.41, 5.74) is 1.90. The molecule has 0 saturated carbocycles. The third-order valence-electron chi connectivity index (χ3n) is 4.53. The van der Waals surface area contributed by atoms with Crippen molar-refractivity contribution in [2.45, 2.75) is 26.0 Å². The Balaban J connectivity index is 1.67. The summed E-state index contributed by atoms with van der Waals surface area (Å²) in [4.78, 5) is 18.4. The fourth-order valence-corrected chi connectivity index (χ4v) is 3.21. The van der Waals surface area contributed by atoms with Crippen molar-refractivity contribution in [1.82, 2.24) is 19.7 Å². The van der Waals surface area contributed by atoms with E-state index in [4.69, 9.17) is 27.9 Å². The molecule has 1 aromatic heterocycles. The number of carbonyl (C=O) groups excluding carboxylic acids is 1. The molecule has 2 atom stereocenters. The van der Waals surface area contributed by atoms with Crippen LogP contribution >= 0.6 is 23.2 Å². The van der Waals surface area contributed by atoms with Gasteiger partial charge in [0, 0.05) is 12.1 Å². The number of benzene rings is 2. The molecule has 2 aromatic carbocycles. The number of hydrogen-bond donors (Lipinski definition) is 0. The highest BCUT2D eigenvalue weighted by Crippen LogP contribution is 2.29. The maximum absolute atomic E-state index is 12.8. The fraction of sp³-hybridized carbons (Fsp3) is 0.250. The summed E-state index contributed by atoms with van der Waals surface area (Å²) in [5.74, 6) is 0.268. The van der Waals surface area contributed by atoms with E-state index in [1.807, 2.05) is 31.2 Å². The molecule has 0 aliphatic carbocycles. The van der Waals surface area contributed by atoms with Crippen LogP contribution in [-0.2, 0) is 4.79 Å². The molecule has 0 aliphatic rings. The minimum atomic E-state index is -0.694. The summed E-state index contributed by atoms with van der Waals surface area (Å²) >= 11 is 12.0. The van der Waals surface area contributed by atoms with E-state index in [2.05, 4.69) is 10.1 Å². The lowest BCUT2D eigenvalue weighted by atomic mass is 10.1. The molecule has 0 fully saturated rings. The van der Waals surface area contributed by atoms with Crippen LogP contribution < -0.4 is 4.74 Å². The molecular weight excluding hydrogens is 399 g/mol. The number of halogens is 2. The molecule has 1 amide bonds. The van der Waals surface area contributed by atoms with Crippen molar-refractivity contribution >= 4 is 29.1 Å². The molecule has 0 aliphatic heterocycles. The van der Waals surface area contributed by atoms with Gasteiger partial charge in [-0.1, -0.05) is 35.3 Å². The zero-order valence-corrected chi connectivity index (χ0v) is 17.2. The highest BCUT2D eigenvalue weighted by atomic mass is 35.5. The van der Waals surface area contributed by atoms with Crippen molar-refractivity contribution in [3.63, 3.8) is 0 Å². The highest BCUT2D eigenvalue weighted by molar-refractivity contribution is 6.35. The van der Waals surface area contributed by atoms with E-state index in [1.165, 1.54) is 6.33 Å². The maximum Gasteiger partial charge on any atom is 0.263 e. The van der Waals surface area contributed by atoms with Gasteiger partial charge in [0.2, 0.25) is 0 Å². The number of ether oxygens (including phenoxy) is 1. The van der Waals surface area contributed by atoms with Gasteiger partial charge in [0.1, 0.15) is 18.4 Å². The van der Waals surface area contributed by atoms with E-state index in [0.717, 1.165) is 11.3 Å². The van der Waals surface area contributed by atoms with Gasteiger partial charge in [-0.25, -0.2) is 9.67 Å². The maximum atomic E-state index is 12.8. The topological polar surface area (TPSA) is 60.2 Å². The van der Waals surface area contributed by atoms with Crippen molar-refractivity contribution in [3.05, 3.63) is 70.7 Å². The Bertz CT molecular complexity index is 945. The van der Waals surface area contributed by atoms with Crippen molar-refractivity contribution < 1.29 is 9.53 Å². The third-order valence-corrected chi connectivity index (χ3v) is 5.06. The second-order valence-corrected chi connectivity index (χ2v) is 7.24. The van der Waals surface area contributed by atoms with Crippen LogP contribution in [0.2, 0.25) is 10.0 Å². The molecular formula is C20H20Cl2N4O2. The van der Waals surface area contributed by atoms with E-state index in [9.17, 15) is 4.79 Å². The van der Waals surface area contributed by atoms with E-state index in [-0.39, 0.29) is 11.9 Å². The summed E-state index contributed by atoms with van der Waals surface area (Å²) in [6.45, 7) is 3.66. The molecule has 146 valence electrons. The predicted molar refractivity (Wildman–Crippen MR) is 109 cm³/mol. The third kappa shape index (κ3) is 4.46. The largest absolute Gasteiger partial charge is 0.479 e. The first-order valence-corrected chi connectivity index (χ1v) is 9.45. The highest BCUT2D eigenvalue weighted by Gasteiger charge is 2.24. The molecule has 3 aromatic rings. The average Bonchev–Trinajstić information content (AvgIpc) is 3.23. The number of carbonyl (C=O) groups is 1. The minimum Gasteiger partial charge on any atom is -0.479 e.